The Bertz CT molecular complexity index is 989. The molecule has 0 aliphatic rings. The summed E-state index contributed by atoms with van der Waals surface area (Å²) in [5.74, 6) is 0. The normalized spacial score (nSPS) is 10.8. The highest BCUT2D eigenvalue weighted by molar-refractivity contribution is 5.96. The van der Waals surface area contributed by atoms with E-state index in [1.54, 1.807) is 0 Å². The van der Waals surface area contributed by atoms with E-state index >= 15 is 0 Å². The van der Waals surface area contributed by atoms with Crippen LogP contribution in [0, 0.1) is 11.3 Å². The van der Waals surface area contributed by atoms with Crippen molar-refractivity contribution >= 4 is 16.3 Å². The molecule has 0 N–H and O–H groups in total. The second kappa shape index (κ2) is 4.46. The van der Waals surface area contributed by atoms with Gasteiger partial charge in [-0.15, -0.1) is 0 Å². The van der Waals surface area contributed by atoms with Crippen LogP contribution in [0.1, 0.15) is 5.56 Å². The third-order valence-corrected chi connectivity index (χ3v) is 3.68. The van der Waals surface area contributed by atoms with E-state index in [-0.39, 0.29) is 0 Å². The molecule has 0 aliphatic carbocycles. The third kappa shape index (κ3) is 1.86. The Balaban J connectivity index is 1.94. The highest BCUT2D eigenvalue weighted by Crippen LogP contribution is 2.25. The molecule has 0 fully saturated rings. The third-order valence-electron chi connectivity index (χ3n) is 3.68. The molecule has 0 radical (unpaired) electrons. The summed E-state index contributed by atoms with van der Waals surface area (Å²) in [4.78, 5) is 0. The van der Waals surface area contributed by atoms with Gasteiger partial charge in [-0.3, -0.25) is 0 Å². The van der Waals surface area contributed by atoms with Gasteiger partial charge in [0.2, 0.25) is 0 Å². The van der Waals surface area contributed by atoms with Crippen LogP contribution in [0.2, 0.25) is 0 Å². The molecule has 4 aromatic rings. The number of hydrogen-bond acceptors (Lipinski definition) is 2. The topological polar surface area (TPSA) is 41.1 Å². The van der Waals surface area contributed by atoms with Gasteiger partial charge in [0.25, 0.3) is 0 Å². The lowest BCUT2D eigenvalue weighted by atomic mass is 10.1. The van der Waals surface area contributed by atoms with E-state index in [4.69, 9.17) is 5.26 Å². The quantitative estimate of drug-likeness (QED) is 0.523. The van der Waals surface area contributed by atoms with Crippen LogP contribution in [0.5, 0.6) is 0 Å². The Morgan fingerprint density at radius 1 is 0.952 bits per heavy atom. The van der Waals surface area contributed by atoms with Crippen molar-refractivity contribution in [3.05, 3.63) is 72.4 Å². The molecular weight excluding hydrogens is 258 g/mol. The van der Waals surface area contributed by atoms with Crippen molar-refractivity contribution in [3.63, 3.8) is 0 Å². The number of nitrogens with zero attached hydrogens (tertiary/aromatic N) is 3. The first kappa shape index (κ1) is 11.7. The smallest absolute Gasteiger partial charge is 0.0991 e. The monoisotopic (exact) mass is 269 g/mol. The van der Waals surface area contributed by atoms with Crippen molar-refractivity contribution in [2.45, 2.75) is 0 Å². The lowest BCUT2D eigenvalue weighted by Crippen LogP contribution is -1.87. The van der Waals surface area contributed by atoms with Crippen LogP contribution in [0.3, 0.4) is 0 Å². The van der Waals surface area contributed by atoms with E-state index in [0.717, 1.165) is 16.8 Å². The second-order valence-electron chi connectivity index (χ2n) is 4.95. The van der Waals surface area contributed by atoms with Crippen molar-refractivity contribution in [2.24, 2.45) is 0 Å². The number of fused-ring (bicyclic) bond motifs is 3. The Morgan fingerprint density at radius 2 is 1.76 bits per heavy atom. The van der Waals surface area contributed by atoms with Gasteiger partial charge < -0.3 is 0 Å². The van der Waals surface area contributed by atoms with Gasteiger partial charge in [0.05, 0.1) is 22.8 Å². The number of benzene rings is 2. The molecule has 4 rings (SSSR count). The van der Waals surface area contributed by atoms with E-state index in [1.807, 2.05) is 47.1 Å². The van der Waals surface area contributed by atoms with Gasteiger partial charge in [-0.05, 0) is 29.7 Å². The van der Waals surface area contributed by atoms with Gasteiger partial charge in [-0.25, -0.2) is 4.52 Å². The fraction of sp³-hybridized carbons (Fsp3) is 0. The van der Waals surface area contributed by atoms with Crippen LogP contribution < -0.4 is 0 Å². The van der Waals surface area contributed by atoms with Gasteiger partial charge in [-0.1, -0.05) is 36.4 Å². The summed E-state index contributed by atoms with van der Waals surface area (Å²) in [6, 6.07) is 22.1. The molecule has 0 spiro atoms. The summed E-state index contributed by atoms with van der Waals surface area (Å²) in [5, 5.41) is 15.9. The van der Waals surface area contributed by atoms with Crippen molar-refractivity contribution < 1.29 is 0 Å². The maximum Gasteiger partial charge on any atom is 0.0991 e. The van der Waals surface area contributed by atoms with E-state index in [9.17, 15) is 0 Å². The zero-order valence-corrected chi connectivity index (χ0v) is 11.2. The van der Waals surface area contributed by atoms with Crippen LogP contribution in [0.15, 0.2) is 66.9 Å². The molecule has 0 saturated carbocycles. The Morgan fingerprint density at radius 3 is 2.57 bits per heavy atom. The van der Waals surface area contributed by atoms with Gasteiger partial charge >= 0.3 is 0 Å². The Hall–Kier alpha value is -3.12. The highest BCUT2D eigenvalue weighted by Gasteiger charge is 2.07. The Labute approximate surface area is 121 Å². The summed E-state index contributed by atoms with van der Waals surface area (Å²) in [5.41, 5.74) is 3.68. The molecule has 98 valence electrons. The lowest BCUT2D eigenvalue weighted by molar-refractivity contribution is 0.971. The fourth-order valence-corrected chi connectivity index (χ4v) is 2.59. The Kier molecular flexibility index (Phi) is 2.48. The largest absolute Gasteiger partial charge is 0.240 e. The van der Waals surface area contributed by atoms with Crippen molar-refractivity contribution in [1.29, 1.82) is 5.26 Å². The number of rotatable bonds is 1. The molecule has 0 bridgehead atoms. The number of aromatic nitrogens is 2. The highest BCUT2D eigenvalue weighted by atomic mass is 15.2. The first-order valence-corrected chi connectivity index (χ1v) is 6.73. The summed E-state index contributed by atoms with van der Waals surface area (Å²) < 4.78 is 1.90. The average Bonchev–Trinajstić information content (AvgIpc) is 2.99. The predicted octanol–water partition coefficient (Wildman–Crippen LogP) is 4.03. The SMILES string of the molecule is N#Cc1ccc(-c2cc3c4ccccc4ccn3n2)cc1. The fourth-order valence-electron chi connectivity index (χ4n) is 2.59. The summed E-state index contributed by atoms with van der Waals surface area (Å²) >= 11 is 0. The van der Waals surface area contributed by atoms with Gasteiger partial charge in [0.15, 0.2) is 0 Å². The molecular formula is C18H11N3. The van der Waals surface area contributed by atoms with Crippen LogP contribution in [-0.2, 0) is 0 Å². The van der Waals surface area contributed by atoms with Gasteiger partial charge in [0.1, 0.15) is 0 Å². The van der Waals surface area contributed by atoms with Crippen molar-refractivity contribution in [1.82, 2.24) is 9.61 Å². The van der Waals surface area contributed by atoms with Gasteiger partial charge in [-0.2, -0.15) is 10.4 Å². The first-order valence-electron chi connectivity index (χ1n) is 6.73. The van der Waals surface area contributed by atoms with E-state index in [2.05, 4.69) is 35.4 Å². The molecule has 0 saturated heterocycles. The zero-order chi connectivity index (χ0) is 14.2. The minimum Gasteiger partial charge on any atom is -0.240 e. The van der Waals surface area contributed by atoms with Gasteiger partial charge in [0, 0.05) is 17.1 Å². The molecule has 2 heterocycles. The maximum absolute atomic E-state index is 8.86. The molecule has 3 heteroatoms. The second-order valence-corrected chi connectivity index (χ2v) is 4.95. The average molecular weight is 269 g/mol. The molecule has 0 aliphatic heterocycles. The summed E-state index contributed by atoms with van der Waals surface area (Å²) in [7, 11) is 0. The standard InChI is InChI=1S/C18H11N3/c19-12-13-5-7-15(8-6-13)17-11-18-16-4-2-1-3-14(16)9-10-21(18)20-17/h1-11H. The molecule has 2 aromatic heterocycles. The predicted molar refractivity (Wildman–Crippen MR) is 82.8 cm³/mol. The van der Waals surface area contributed by atoms with Crippen molar-refractivity contribution in [3.8, 4) is 17.3 Å². The number of pyridine rings is 1. The number of hydrogen-bond donors (Lipinski definition) is 0. The van der Waals surface area contributed by atoms with E-state index < -0.39 is 0 Å². The first-order chi connectivity index (χ1) is 10.3. The minimum atomic E-state index is 0.660. The molecule has 0 amide bonds. The molecule has 21 heavy (non-hydrogen) atoms. The van der Waals surface area contributed by atoms with Crippen molar-refractivity contribution in [2.75, 3.05) is 0 Å². The summed E-state index contributed by atoms with van der Waals surface area (Å²) in [6.45, 7) is 0. The maximum atomic E-state index is 8.86. The van der Waals surface area contributed by atoms with Crippen LogP contribution >= 0.6 is 0 Å². The van der Waals surface area contributed by atoms with E-state index in [0.29, 0.717) is 5.56 Å². The minimum absolute atomic E-state index is 0.660. The van der Waals surface area contributed by atoms with Crippen LogP contribution in [-0.4, -0.2) is 9.61 Å². The van der Waals surface area contributed by atoms with E-state index in [1.165, 1.54) is 10.8 Å². The van der Waals surface area contributed by atoms with Crippen LogP contribution in [0.25, 0.3) is 27.5 Å². The molecule has 3 nitrogen and oxygen atoms in total. The zero-order valence-electron chi connectivity index (χ0n) is 11.2. The molecule has 0 unspecified atom stereocenters. The lowest BCUT2D eigenvalue weighted by Gasteiger charge is -1.98. The van der Waals surface area contributed by atoms with Crippen LogP contribution in [0.4, 0.5) is 0 Å². The summed E-state index contributed by atoms with van der Waals surface area (Å²) in [6.07, 6.45) is 1.98. The number of nitriles is 1. The molecule has 0 atom stereocenters. The molecule has 2 aromatic carbocycles.